The molecular weight excluding hydrogens is 895 g/mol. The molecule has 2 aliphatic heterocycles. The summed E-state index contributed by atoms with van der Waals surface area (Å²) in [7, 11) is -1.30. The van der Waals surface area contributed by atoms with Gasteiger partial charge in [0, 0.05) is 4.91 Å². The quantitative estimate of drug-likeness (QED) is 0.0214. The van der Waals surface area contributed by atoms with Crippen LogP contribution in [0.3, 0.4) is 0 Å². The van der Waals surface area contributed by atoms with Gasteiger partial charge in [-0.1, -0.05) is 178 Å². The summed E-state index contributed by atoms with van der Waals surface area (Å²) in [6.07, 6.45) is -9.83. The average molecular weight is 960 g/mol. The van der Waals surface area contributed by atoms with Gasteiger partial charge in [0.05, 0.1) is 46.8 Å². The molecule has 69 heavy (non-hydrogen) atoms. The summed E-state index contributed by atoms with van der Waals surface area (Å²) >= 11 is 0. The third kappa shape index (κ3) is 14.2. The van der Waals surface area contributed by atoms with Gasteiger partial charge in [-0.3, -0.25) is 0 Å². The summed E-state index contributed by atoms with van der Waals surface area (Å²) in [6, 6.07) is 47.4. The molecule has 0 radical (unpaired) electrons. The maximum absolute atomic E-state index is 14.1. The molecule has 2 heterocycles. The number of carbonyl (C=O) groups excluding carboxylic acids is 1. The normalized spacial score (nSPS) is 25.1. The predicted molar refractivity (Wildman–Crippen MR) is 262 cm³/mol. The summed E-state index contributed by atoms with van der Waals surface area (Å²) in [4.78, 5) is 17.4. The van der Waals surface area contributed by atoms with E-state index in [1.54, 1.807) is 0 Å². The first kappa shape index (κ1) is 51.6. The molecule has 2 fully saturated rings. The molecule has 10 atom stereocenters. The van der Waals surface area contributed by atoms with Crippen molar-refractivity contribution in [3.8, 4) is 0 Å². The first-order valence-electron chi connectivity index (χ1n) is 23.4. The molecule has 0 unspecified atom stereocenters. The highest BCUT2D eigenvalue weighted by atomic mass is 28.4. The molecule has 0 aliphatic carbocycles. The Bertz CT molecular complexity index is 2340. The lowest BCUT2D eigenvalue weighted by molar-refractivity contribution is -0.355. The van der Waals surface area contributed by atoms with Gasteiger partial charge in [0.15, 0.2) is 27.0 Å². The minimum atomic E-state index is -2.60. The second kappa shape index (κ2) is 25.0. The number of methoxy groups -OCH3 is 1. The molecule has 5 aromatic rings. The Labute approximate surface area is 406 Å². The monoisotopic (exact) mass is 959 g/mol. The van der Waals surface area contributed by atoms with Crippen molar-refractivity contribution in [1.82, 2.24) is 0 Å². The van der Waals surface area contributed by atoms with E-state index in [0.717, 1.165) is 27.8 Å². The molecule has 15 heteroatoms. The van der Waals surface area contributed by atoms with Crippen LogP contribution in [0.1, 0.15) is 48.6 Å². The zero-order valence-electron chi connectivity index (χ0n) is 40.3. The van der Waals surface area contributed by atoms with Crippen molar-refractivity contribution in [1.29, 1.82) is 0 Å². The molecular formula is C54H65N3O11Si. The number of nitrogens with zero attached hydrogens (tertiary/aromatic N) is 3. The number of carbonyl (C=O) groups is 1. The van der Waals surface area contributed by atoms with Crippen LogP contribution in [0.25, 0.3) is 10.4 Å². The number of hydrogen-bond donors (Lipinski definition) is 0. The van der Waals surface area contributed by atoms with Gasteiger partial charge in [-0.15, -0.1) is 0 Å². The van der Waals surface area contributed by atoms with Crippen LogP contribution in [-0.4, -0.2) is 89.4 Å². The van der Waals surface area contributed by atoms with Crippen LogP contribution < -0.4 is 0 Å². The first-order chi connectivity index (χ1) is 33.4. The number of azide groups is 1. The summed E-state index contributed by atoms with van der Waals surface area (Å²) < 4.78 is 67.1. The van der Waals surface area contributed by atoms with Crippen LogP contribution in [0.15, 0.2) is 157 Å². The largest absolute Gasteiger partial charge is 0.467 e. The molecule has 2 saturated heterocycles. The molecule has 366 valence electrons. The van der Waals surface area contributed by atoms with Crippen molar-refractivity contribution in [3.63, 3.8) is 0 Å². The fourth-order valence-corrected chi connectivity index (χ4v) is 9.12. The Morgan fingerprint density at radius 3 is 1.43 bits per heavy atom. The molecule has 0 amide bonds. The molecule has 7 rings (SSSR count). The number of benzene rings is 5. The van der Waals surface area contributed by atoms with E-state index in [1.807, 2.05) is 152 Å². The topological polar surface area (TPSA) is 158 Å². The molecule has 0 bridgehead atoms. The molecule has 2 aliphatic rings. The molecule has 5 aromatic carbocycles. The number of ether oxygens (including phenoxy) is 9. The Kier molecular flexibility index (Phi) is 18.7. The first-order valence-corrected chi connectivity index (χ1v) is 26.3. The van der Waals surface area contributed by atoms with Crippen LogP contribution in [-0.2, 0) is 84.9 Å². The minimum Gasteiger partial charge on any atom is -0.467 e. The highest BCUT2D eigenvalue weighted by molar-refractivity contribution is 6.74. The van der Waals surface area contributed by atoms with Gasteiger partial charge in [-0.25, -0.2) is 4.79 Å². The molecule has 0 N–H and O–H groups in total. The fourth-order valence-electron chi connectivity index (χ4n) is 7.99. The highest BCUT2D eigenvalue weighted by Crippen LogP contribution is 2.42. The summed E-state index contributed by atoms with van der Waals surface area (Å²) in [5, 5.41) is 4.11. The zero-order valence-corrected chi connectivity index (χ0v) is 41.3. The van der Waals surface area contributed by atoms with E-state index in [-0.39, 0.29) is 44.7 Å². The van der Waals surface area contributed by atoms with Crippen molar-refractivity contribution >= 4 is 14.3 Å². The van der Waals surface area contributed by atoms with E-state index in [0.29, 0.717) is 0 Å². The summed E-state index contributed by atoms with van der Waals surface area (Å²) in [6.45, 7) is 11.4. The second-order valence-corrected chi connectivity index (χ2v) is 23.5. The van der Waals surface area contributed by atoms with Crippen molar-refractivity contribution in [2.75, 3.05) is 13.7 Å². The smallest absolute Gasteiger partial charge is 0.337 e. The lowest BCUT2D eigenvalue weighted by Gasteiger charge is -2.50. The maximum Gasteiger partial charge on any atom is 0.337 e. The van der Waals surface area contributed by atoms with Crippen LogP contribution in [0.4, 0.5) is 0 Å². The SMILES string of the molecule is COC(=O)[C@@H]1O[C@@H](O[C@H]2[C@H](OCc3ccccc3)[C@@H](N=[N+]=[N-])[C@H](O[Si](C)(C)C(C)(C)C)O[C@@H]2COCc2ccccc2)[C@H](OCc2ccccc2)[C@@H](OCc2ccccc2)[C@@H]1OCc1ccccc1. The van der Waals surface area contributed by atoms with Crippen molar-refractivity contribution < 1.29 is 51.9 Å². The van der Waals surface area contributed by atoms with Crippen LogP contribution in [0.2, 0.25) is 18.1 Å². The van der Waals surface area contributed by atoms with Crippen LogP contribution in [0.5, 0.6) is 0 Å². The van der Waals surface area contributed by atoms with Crippen molar-refractivity contribution in [3.05, 3.63) is 190 Å². The van der Waals surface area contributed by atoms with Gasteiger partial charge < -0.3 is 47.1 Å². The van der Waals surface area contributed by atoms with Crippen LogP contribution >= 0.6 is 0 Å². The van der Waals surface area contributed by atoms with Gasteiger partial charge in [0.2, 0.25) is 0 Å². The van der Waals surface area contributed by atoms with E-state index >= 15 is 0 Å². The maximum atomic E-state index is 14.1. The van der Waals surface area contributed by atoms with E-state index in [4.69, 9.17) is 47.1 Å². The van der Waals surface area contributed by atoms with E-state index < -0.39 is 75.6 Å². The Morgan fingerprint density at radius 2 is 1.00 bits per heavy atom. The van der Waals surface area contributed by atoms with Gasteiger partial charge in [0.25, 0.3) is 0 Å². The molecule has 0 spiro atoms. The standard InChI is InChI=1S/C54H65N3O11Si/c1-54(2,3)69(5,6)68-52-44(56-57-55)46(61-33-39-24-14-8-15-25-39)45(43(65-52)37-60-32-38-22-12-7-13-23-38)66-53-50(64-36-42-30-20-11-21-31-42)48(63-35-41-28-18-10-19-29-41)47(49(67-53)51(58)59-4)62-34-40-26-16-9-17-27-40/h7-31,43-50,52-53H,32-37H2,1-6H3/t43-,44-,45-,46-,47+,48+,49-,50-,52+,53-/m1/s1. The fraction of sp³-hybridized carbons (Fsp3) is 0.426. The molecule has 14 nitrogen and oxygen atoms in total. The third-order valence-electron chi connectivity index (χ3n) is 12.8. The van der Waals surface area contributed by atoms with E-state index in [9.17, 15) is 10.3 Å². The highest BCUT2D eigenvalue weighted by Gasteiger charge is 2.56. The summed E-state index contributed by atoms with van der Waals surface area (Å²) in [5.41, 5.74) is 14.7. The predicted octanol–water partition coefficient (Wildman–Crippen LogP) is 10.3. The van der Waals surface area contributed by atoms with Crippen LogP contribution in [0, 0.1) is 0 Å². The molecule has 0 saturated carbocycles. The van der Waals surface area contributed by atoms with E-state index in [1.165, 1.54) is 7.11 Å². The second-order valence-electron chi connectivity index (χ2n) is 18.7. The molecule has 0 aromatic heterocycles. The lowest BCUT2D eigenvalue weighted by Crippen LogP contribution is -2.67. The van der Waals surface area contributed by atoms with Gasteiger partial charge >= 0.3 is 5.97 Å². The van der Waals surface area contributed by atoms with E-state index in [2.05, 4.69) is 43.9 Å². The average Bonchev–Trinajstić information content (AvgIpc) is 3.36. The van der Waals surface area contributed by atoms with Crippen molar-refractivity contribution in [2.45, 2.75) is 133 Å². The Morgan fingerprint density at radius 1 is 0.580 bits per heavy atom. The Balaban J connectivity index is 1.32. The lowest BCUT2D eigenvalue weighted by atomic mass is 9.95. The summed E-state index contributed by atoms with van der Waals surface area (Å²) in [5.74, 6) is -0.703. The zero-order chi connectivity index (χ0) is 48.6. The van der Waals surface area contributed by atoms with Gasteiger partial charge in [-0.05, 0) is 51.5 Å². The number of rotatable bonds is 22. The Hall–Kier alpha value is -5.26. The number of esters is 1. The number of hydrogen-bond acceptors (Lipinski definition) is 12. The minimum absolute atomic E-state index is 0.00451. The van der Waals surface area contributed by atoms with Crippen molar-refractivity contribution in [2.24, 2.45) is 5.11 Å². The third-order valence-corrected chi connectivity index (χ3v) is 17.2. The van der Waals surface area contributed by atoms with Gasteiger partial charge in [-0.2, -0.15) is 0 Å². The van der Waals surface area contributed by atoms with Gasteiger partial charge in [0.1, 0.15) is 42.7 Å².